The largest absolute Gasteiger partial charge is 0.493 e. The molecule has 0 saturated carbocycles. The minimum atomic E-state index is -0.154. The second kappa shape index (κ2) is 10.1. The van der Waals surface area contributed by atoms with Crippen molar-refractivity contribution in [2.45, 2.75) is 13.3 Å². The Morgan fingerprint density at radius 2 is 1.74 bits per heavy atom. The molecule has 0 unspecified atom stereocenters. The van der Waals surface area contributed by atoms with Crippen molar-refractivity contribution in [2.24, 2.45) is 4.99 Å². The lowest BCUT2D eigenvalue weighted by Crippen LogP contribution is -2.37. The number of methoxy groups -OCH3 is 2. The predicted octanol–water partition coefficient (Wildman–Crippen LogP) is 2.89. The third-order valence-corrected chi connectivity index (χ3v) is 3.91. The van der Waals surface area contributed by atoms with Crippen molar-refractivity contribution >= 4 is 23.2 Å². The van der Waals surface area contributed by atoms with Crippen LogP contribution in [0.25, 0.3) is 0 Å². The molecule has 2 rings (SSSR count). The van der Waals surface area contributed by atoms with Crippen LogP contribution in [-0.2, 0) is 11.2 Å². The van der Waals surface area contributed by atoms with Crippen molar-refractivity contribution in [1.82, 2.24) is 5.32 Å². The number of anilines is 2. The summed E-state index contributed by atoms with van der Waals surface area (Å²) < 4.78 is 10.5. The smallest absolute Gasteiger partial charge is 0.243 e. The summed E-state index contributed by atoms with van der Waals surface area (Å²) in [6.45, 7) is 2.16. The first-order valence-electron chi connectivity index (χ1n) is 8.68. The van der Waals surface area contributed by atoms with Gasteiger partial charge in [0, 0.05) is 24.5 Å². The summed E-state index contributed by atoms with van der Waals surface area (Å²) in [5.41, 5.74) is 2.72. The molecule has 2 aromatic carbocycles. The van der Waals surface area contributed by atoms with Crippen molar-refractivity contribution in [3.63, 3.8) is 0 Å². The quantitative estimate of drug-likeness (QED) is 0.516. The third kappa shape index (κ3) is 5.91. The molecule has 7 heteroatoms. The van der Waals surface area contributed by atoms with E-state index in [4.69, 9.17) is 9.47 Å². The Labute approximate surface area is 159 Å². The van der Waals surface area contributed by atoms with Gasteiger partial charge in [-0.25, -0.2) is 0 Å². The average Bonchev–Trinajstić information content (AvgIpc) is 2.70. The third-order valence-electron chi connectivity index (χ3n) is 3.91. The van der Waals surface area contributed by atoms with Gasteiger partial charge >= 0.3 is 0 Å². The van der Waals surface area contributed by atoms with E-state index in [9.17, 15) is 4.79 Å². The molecule has 7 nitrogen and oxygen atoms in total. The van der Waals surface area contributed by atoms with Gasteiger partial charge in [-0.3, -0.25) is 9.79 Å². The summed E-state index contributed by atoms with van der Waals surface area (Å²) in [6, 6.07) is 13.2. The number of guanidine groups is 1. The second-order valence-corrected chi connectivity index (χ2v) is 5.72. The zero-order valence-corrected chi connectivity index (χ0v) is 16.1. The van der Waals surface area contributed by atoms with Crippen LogP contribution in [0.3, 0.4) is 0 Å². The van der Waals surface area contributed by atoms with Crippen molar-refractivity contribution < 1.29 is 14.3 Å². The Bertz CT molecular complexity index is 806. The minimum Gasteiger partial charge on any atom is -0.493 e. The lowest BCUT2D eigenvalue weighted by molar-refractivity contribution is -0.115. The van der Waals surface area contributed by atoms with Crippen LogP contribution in [0, 0.1) is 0 Å². The number of hydrogen-bond acceptors (Lipinski definition) is 4. The Balaban J connectivity index is 1.92. The van der Waals surface area contributed by atoms with E-state index in [1.807, 2.05) is 30.3 Å². The maximum absolute atomic E-state index is 12.2. The number of amides is 1. The predicted molar refractivity (Wildman–Crippen MR) is 109 cm³/mol. The van der Waals surface area contributed by atoms with E-state index in [1.165, 1.54) is 5.56 Å². The normalized spacial score (nSPS) is 10.9. The summed E-state index contributed by atoms with van der Waals surface area (Å²) >= 11 is 0. The highest BCUT2D eigenvalue weighted by Crippen LogP contribution is 2.29. The van der Waals surface area contributed by atoms with Crippen LogP contribution >= 0.6 is 0 Å². The summed E-state index contributed by atoms with van der Waals surface area (Å²) in [5, 5.41) is 8.98. The number of nitrogens with one attached hydrogen (secondary N) is 3. The van der Waals surface area contributed by atoms with Crippen molar-refractivity contribution in [3.8, 4) is 11.5 Å². The molecule has 0 radical (unpaired) electrons. The van der Waals surface area contributed by atoms with Crippen LogP contribution in [0.2, 0.25) is 0 Å². The standard InChI is InChI=1S/C20H26N4O3/c1-5-14-7-6-8-15(11-14)23-19(25)13-22-20(21-2)24-16-9-10-17(26-3)18(12-16)27-4/h6-12H,5,13H2,1-4H3,(H,23,25)(H2,21,22,24). The highest BCUT2D eigenvalue weighted by atomic mass is 16.5. The second-order valence-electron chi connectivity index (χ2n) is 5.72. The first kappa shape index (κ1) is 20.1. The van der Waals surface area contributed by atoms with E-state index >= 15 is 0 Å². The zero-order valence-electron chi connectivity index (χ0n) is 16.1. The van der Waals surface area contributed by atoms with Crippen molar-refractivity contribution in [3.05, 3.63) is 48.0 Å². The van der Waals surface area contributed by atoms with E-state index in [0.29, 0.717) is 17.5 Å². The molecule has 0 aromatic heterocycles. The lowest BCUT2D eigenvalue weighted by Gasteiger charge is -2.14. The van der Waals surface area contributed by atoms with E-state index in [0.717, 1.165) is 17.8 Å². The first-order chi connectivity index (χ1) is 13.1. The number of nitrogens with zero attached hydrogens (tertiary/aromatic N) is 1. The van der Waals surface area contributed by atoms with Gasteiger partial charge in [-0.15, -0.1) is 0 Å². The number of rotatable bonds is 7. The molecule has 3 N–H and O–H groups in total. The van der Waals surface area contributed by atoms with Crippen LogP contribution in [0.15, 0.2) is 47.5 Å². The number of benzene rings is 2. The molecule has 0 aliphatic rings. The van der Waals surface area contributed by atoms with E-state index in [-0.39, 0.29) is 12.5 Å². The summed E-state index contributed by atoms with van der Waals surface area (Å²) in [5.74, 6) is 1.56. The number of aliphatic imine (C=N–C) groups is 1. The lowest BCUT2D eigenvalue weighted by atomic mass is 10.1. The van der Waals surface area contributed by atoms with Gasteiger partial charge in [-0.2, -0.15) is 0 Å². The van der Waals surface area contributed by atoms with Crippen LogP contribution in [0.1, 0.15) is 12.5 Å². The van der Waals surface area contributed by atoms with Gasteiger partial charge in [-0.1, -0.05) is 19.1 Å². The first-order valence-corrected chi connectivity index (χ1v) is 8.68. The van der Waals surface area contributed by atoms with E-state index < -0.39 is 0 Å². The molecule has 144 valence electrons. The Morgan fingerprint density at radius 3 is 2.41 bits per heavy atom. The van der Waals surface area contributed by atoms with E-state index in [2.05, 4.69) is 27.9 Å². The van der Waals surface area contributed by atoms with Gasteiger partial charge in [0.1, 0.15) is 0 Å². The molecule has 0 fully saturated rings. The van der Waals surface area contributed by atoms with Gasteiger partial charge in [0.2, 0.25) is 5.91 Å². The fourth-order valence-electron chi connectivity index (χ4n) is 2.47. The van der Waals surface area contributed by atoms with Crippen LogP contribution in [0.5, 0.6) is 11.5 Å². The number of carbonyl (C=O) groups is 1. The molecular formula is C20H26N4O3. The maximum Gasteiger partial charge on any atom is 0.243 e. The average molecular weight is 370 g/mol. The van der Waals surface area contributed by atoms with Crippen molar-refractivity contribution in [2.75, 3.05) is 38.4 Å². The van der Waals surface area contributed by atoms with Crippen LogP contribution in [-0.4, -0.2) is 39.7 Å². The Hall–Kier alpha value is -3.22. The molecule has 2 aromatic rings. The fraction of sp³-hybridized carbons (Fsp3) is 0.300. The molecule has 0 aliphatic carbocycles. The van der Waals surface area contributed by atoms with Crippen molar-refractivity contribution in [1.29, 1.82) is 0 Å². The molecule has 27 heavy (non-hydrogen) atoms. The highest BCUT2D eigenvalue weighted by Gasteiger charge is 2.08. The summed E-state index contributed by atoms with van der Waals surface area (Å²) in [7, 11) is 4.80. The Kier molecular flexibility index (Phi) is 7.49. The minimum absolute atomic E-state index is 0.0866. The summed E-state index contributed by atoms with van der Waals surface area (Å²) in [6.07, 6.45) is 0.920. The van der Waals surface area contributed by atoms with Gasteiger partial charge in [0.05, 0.1) is 20.8 Å². The highest BCUT2D eigenvalue weighted by molar-refractivity contribution is 5.99. The molecular weight excluding hydrogens is 344 g/mol. The Morgan fingerprint density at radius 1 is 1.00 bits per heavy atom. The number of carbonyl (C=O) groups excluding carboxylic acids is 1. The topological polar surface area (TPSA) is 84.0 Å². The van der Waals surface area contributed by atoms with Crippen LogP contribution < -0.4 is 25.4 Å². The fourth-order valence-corrected chi connectivity index (χ4v) is 2.47. The number of aryl methyl sites for hydroxylation is 1. The van der Waals surface area contributed by atoms with Gasteiger partial charge in [0.15, 0.2) is 17.5 Å². The maximum atomic E-state index is 12.2. The SMILES string of the molecule is CCc1cccc(NC(=O)CNC(=NC)Nc2ccc(OC)c(OC)c2)c1. The zero-order chi connectivity index (χ0) is 19.6. The van der Waals surface area contributed by atoms with Crippen LogP contribution in [0.4, 0.5) is 11.4 Å². The molecule has 0 atom stereocenters. The number of ether oxygens (including phenoxy) is 2. The van der Waals surface area contributed by atoms with E-state index in [1.54, 1.807) is 33.4 Å². The molecule has 0 heterocycles. The molecule has 0 saturated heterocycles. The molecule has 0 aliphatic heterocycles. The molecule has 1 amide bonds. The van der Waals surface area contributed by atoms with Gasteiger partial charge in [-0.05, 0) is 36.2 Å². The summed E-state index contributed by atoms with van der Waals surface area (Å²) in [4.78, 5) is 16.3. The molecule has 0 spiro atoms. The van der Waals surface area contributed by atoms with Gasteiger partial charge in [0.25, 0.3) is 0 Å². The number of hydrogen-bond donors (Lipinski definition) is 3. The monoisotopic (exact) mass is 370 g/mol. The van der Waals surface area contributed by atoms with Gasteiger partial charge < -0.3 is 25.4 Å². The molecule has 0 bridgehead atoms.